The molecule has 0 bridgehead atoms. The zero-order chi connectivity index (χ0) is 20.1. The minimum atomic E-state index is -0.682. The number of carbonyl (C=O) groups is 1. The van der Waals surface area contributed by atoms with Crippen LogP contribution in [0.15, 0.2) is 67.0 Å². The number of hydrogen-bond acceptors (Lipinski definition) is 3. The molecule has 28 heavy (non-hydrogen) atoms. The number of nitrogens with one attached hydrogen (secondary N) is 1. The molecule has 5 N–H and O–H groups in total. The van der Waals surface area contributed by atoms with Gasteiger partial charge in [-0.3, -0.25) is 15.2 Å². The fourth-order valence-electron chi connectivity index (χ4n) is 2.48. The molecule has 0 unspecified atom stereocenters. The van der Waals surface area contributed by atoms with Crippen LogP contribution in [0.5, 0.6) is 0 Å². The minimum Gasteiger partial charge on any atom is -0.398 e. The van der Waals surface area contributed by atoms with E-state index in [9.17, 15) is 13.6 Å². The number of anilines is 2. The number of nitrogen functional groups attached to an aromatic ring is 1. The first-order valence-corrected chi connectivity index (χ1v) is 8.31. The zero-order valence-electron chi connectivity index (χ0n) is 14.7. The lowest BCUT2D eigenvalue weighted by Crippen LogP contribution is -2.39. The number of amides is 1. The van der Waals surface area contributed by atoms with E-state index in [4.69, 9.17) is 11.1 Å². The number of halogens is 2. The molecule has 1 amide bonds. The fourth-order valence-corrected chi connectivity index (χ4v) is 2.48. The number of nitrogens with zero attached hydrogens (tertiary/aromatic N) is 1. The lowest BCUT2D eigenvalue weighted by Gasteiger charge is -2.09. The number of allylic oxidation sites excluding steroid dienone is 1. The summed E-state index contributed by atoms with van der Waals surface area (Å²) in [5.41, 5.74) is 7.65. The largest absolute Gasteiger partial charge is 0.398 e. The van der Waals surface area contributed by atoms with Crippen LogP contribution < -0.4 is 16.5 Å². The molecule has 0 radical (unpaired) electrons. The van der Waals surface area contributed by atoms with Gasteiger partial charge in [0.05, 0.1) is 11.3 Å². The SMILES string of the molecule is Nc1cc(F)c(NC(=O)c2ccncc2)cc1C(=[NH2+])/C=C/c1ccc(F)cc1. The molecule has 5 nitrogen and oxygen atoms in total. The highest BCUT2D eigenvalue weighted by atomic mass is 19.1. The van der Waals surface area contributed by atoms with Crippen LogP contribution in [0.3, 0.4) is 0 Å². The third-order valence-electron chi connectivity index (χ3n) is 3.97. The van der Waals surface area contributed by atoms with Crippen LogP contribution in [-0.4, -0.2) is 16.6 Å². The molecule has 0 spiro atoms. The Morgan fingerprint density at radius 2 is 1.75 bits per heavy atom. The molecule has 0 aliphatic carbocycles. The van der Waals surface area contributed by atoms with E-state index in [-0.39, 0.29) is 22.9 Å². The summed E-state index contributed by atoms with van der Waals surface area (Å²) in [6.45, 7) is 0. The highest BCUT2D eigenvalue weighted by molar-refractivity contribution is 6.11. The van der Waals surface area contributed by atoms with E-state index >= 15 is 0 Å². The first kappa shape index (κ1) is 18.9. The van der Waals surface area contributed by atoms with Crippen molar-refractivity contribution in [3.8, 4) is 0 Å². The Kier molecular flexibility index (Phi) is 5.55. The Bertz CT molecular complexity index is 1050. The average Bonchev–Trinajstić information content (AvgIpc) is 2.70. The van der Waals surface area contributed by atoms with Crippen LogP contribution in [0.1, 0.15) is 21.5 Å². The maximum absolute atomic E-state index is 14.2. The molecule has 0 aliphatic heterocycles. The minimum absolute atomic E-state index is 0.0517. The van der Waals surface area contributed by atoms with Crippen LogP contribution in [0.25, 0.3) is 6.08 Å². The Balaban J connectivity index is 1.83. The van der Waals surface area contributed by atoms with Crippen molar-refractivity contribution in [3.05, 3.63) is 95.3 Å². The standard InChI is InChI=1S/C21H16F2N4O/c22-15-4-1-13(2-5-15)3-6-18(24)16-11-20(17(23)12-19(16)25)27-21(28)14-7-9-26-10-8-14/h1-12,24H,25H2,(H,27,28)/p+1/b6-3+,24-18?. The first-order chi connectivity index (χ1) is 13.4. The van der Waals surface area contributed by atoms with Crippen LogP contribution in [0.2, 0.25) is 0 Å². The van der Waals surface area contributed by atoms with Gasteiger partial charge >= 0.3 is 0 Å². The van der Waals surface area contributed by atoms with Crippen molar-refractivity contribution >= 4 is 29.1 Å². The van der Waals surface area contributed by atoms with Gasteiger partial charge in [-0.25, -0.2) is 8.78 Å². The Labute approximate surface area is 160 Å². The van der Waals surface area contributed by atoms with Gasteiger partial charge in [0.25, 0.3) is 5.91 Å². The Morgan fingerprint density at radius 3 is 2.43 bits per heavy atom. The van der Waals surface area contributed by atoms with E-state index in [2.05, 4.69) is 10.3 Å². The summed E-state index contributed by atoms with van der Waals surface area (Å²) in [6, 6.07) is 11.3. The number of nitrogens with two attached hydrogens (primary N) is 2. The third-order valence-corrected chi connectivity index (χ3v) is 3.97. The predicted molar refractivity (Wildman–Crippen MR) is 104 cm³/mol. The Morgan fingerprint density at radius 1 is 1.07 bits per heavy atom. The normalized spacial score (nSPS) is 10.8. The van der Waals surface area contributed by atoms with Gasteiger partial charge in [0.15, 0.2) is 0 Å². The van der Waals surface area contributed by atoms with Gasteiger partial charge in [0.2, 0.25) is 5.71 Å². The van der Waals surface area contributed by atoms with Gasteiger partial charge in [-0.15, -0.1) is 0 Å². The van der Waals surface area contributed by atoms with Crippen molar-refractivity contribution in [1.29, 1.82) is 0 Å². The van der Waals surface area contributed by atoms with E-state index in [1.165, 1.54) is 42.7 Å². The maximum atomic E-state index is 14.2. The van der Waals surface area contributed by atoms with Gasteiger partial charge in [0.1, 0.15) is 11.6 Å². The molecule has 0 saturated heterocycles. The summed E-state index contributed by atoms with van der Waals surface area (Å²) in [4.78, 5) is 16.1. The van der Waals surface area contributed by atoms with Crippen molar-refractivity contribution in [2.45, 2.75) is 0 Å². The molecule has 0 atom stereocenters. The van der Waals surface area contributed by atoms with Gasteiger partial charge in [-0.1, -0.05) is 12.1 Å². The maximum Gasteiger partial charge on any atom is 0.255 e. The van der Waals surface area contributed by atoms with Crippen molar-refractivity contribution in [2.24, 2.45) is 0 Å². The summed E-state index contributed by atoms with van der Waals surface area (Å²) in [7, 11) is 0. The fraction of sp³-hybridized carbons (Fsp3) is 0. The molecule has 0 saturated carbocycles. The summed E-state index contributed by atoms with van der Waals surface area (Å²) in [5, 5.41) is 8.56. The number of rotatable bonds is 5. The monoisotopic (exact) mass is 379 g/mol. The number of pyridine rings is 1. The van der Waals surface area contributed by atoms with E-state index in [0.29, 0.717) is 11.1 Å². The highest BCUT2D eigenvalue weighted by Gasteiger charge is 2.16. The molecule has 1 aromatic heterocycles. The number of carbonyl (C=O) groups excluding carboxylic acids is 1. The second kappa shape index (κ2) is 8.22. The van der Waals surface area contributed by atoms with Gasteiger partial charge in [0, 0.05) is 29.7 Å². The van der Waals surface area contributed by atoms with E-state index in [1.54, 1.807) is 24.3 Å². The molecular formula is C21H17F2N4O+. The average molecular weight is 379 g/mol. The second-order valence-electron chi connectivity index (χ2n) is 5.95. The van der Waals surface area contributed by atoms with Gasteiger partial charge in [-0.2, -0.15) is 0 Å². The van der Waals surface area contributed by atoms with Crippen LogP contribution in [0.4, 0.5) is 20.2 Å². The molecule has 140 valence electrons. The van der Waals surface area contributed by atoms with Crippen LogP contribution in [-0.2, 0) is 0 Å². The second-order valence-corrected chi connectivity index (χ2v) is 5.95. The molecule has 2 aromatic carbocycles. The summed E-state index contributed by atoms with van der Waals surface area (Å²) in [5.74, 6) is -1.51. The molecule has 7 heteroatoms. The molecular weight excluding hydrogens is 362 g/mol. The number of hydrogen-bond donors (Lipinski definition) is 3. The zero-order valence-corrected chi connectivity index (χ0v) is 14.7. The topological polar surface area (TPSA) is 93.6 Å². The number of benzene rings is 2. The van der Waals surface area contributed by atoms with Crippen molar-refractivity contribution < 1.29 is 19.0 Å². The lowest BCUT2D eigenvalue weighted by molar-refractivity contribution is -0.110. The predicted octanol–water partition coefficient (Wildman–Crippen LogP) is 2.46. The molecule has 0 aliphatic rings. The first-order valence-electron chi connectivity index (χ1n) is 8.31. The highest BCUT2D eigenvalue weighted by Crippen LogP contribution is 2.23. The van der Waals surface area contributed by atoms with Gasteiger partial charge in [-0.05, 0) is 48.0 Å². The summed E-state index contributed by atoms with van der Waals surface area (Å²) >= 11 is 0. The molecule has 0 fully saturated rings. The quantitative estimate of drug-likeness (QED) is 0.470. The third kappa shape index (κ3) is 4.45. The summed E-state index contributed by atoms with van der Waals surface area (Å²) in [6.07, 6.45) is 6.18. The molecule has 1 heterocycles. The smallest absolute Gasteiger partial charge is 0.255 e. The van der Waals surface area contributed by atoms with Crippen molar-refractivity contribution in [3.63, 3.8) is 0 Å². The molecule has 3 rings (SSSR count). The van der Waals surface area contributed by atoms with Crippen molar-refractivity contribution in [1.82, 2.24) is 4.98 Å². The van der Waals surface area contributed by atoms with Crippen LogP contribution in [0, 0.1) is 11.6 Å². The van der Waals surface area contributed by atoms with Crippen molar-refractivity contribution in [2.75, 3.05) is 11.1 Å². The number of aromatic nitrogens is 1. The lowest BCUT2D eigenvalue weighted by atomic mass is 10.0. The van der Waals surface area contributed by atoms with Gasteiger partial charge < -0.3 is 11.1 Å². The van der Waals surface area contributed by atoms with E-state index < -0.39 is 11.7 Å². The van der Waals surface area contributed by atoms with E-state index in [0.717, 1.165) is 11.6 Å². The molecule has 3 aromatic rings. The van der Waals surface area contributed by atoms with E-state index in [1.807, 2.05) is 0 Å². The van der Waals surface area contributed by atoms with Crippen LogP contribution >= 0.6 is 0 Å². The Hall–Kier alpha value is -3.87. The summed E-state index contributed by atoms with van der Waals surface area (Å²) < 4.78 is 27.2.